The van der Waals surface area contributed by atoms with Crippen LogP contribution in [0, 0.1) is 5.92 Å². The molecule has 0 aliphatic heterocycles. The van der Waals surface area contributed by atoms with Gasteiger partial charge in [-0.15, -0.1) is 0 Å². The molecule has 0 aromatic rings. The molecule has 1 atom stereocenters. The van der Waals surface area contributed by atoms with Gasteiger partial charge in [0, 0.05) is 19.7 Å². The largest absolute Gasteiger partial charge is 0.389 e. The maximum atomic E-state index is 10.6. The Morgan fingerprint density at radius 2 is 2.11 bits per heavy atom. The van der Waals surface area contributed by atoms with Gasteiger partial charge in [0.15, 0.2) is 0 Å². The van der Waals surface area contributed by atoms with E-state index in [2.05, 4.69) is 12.2 Å². The standard InChI is InChI=1S/C15H32N2O2/c1-3-13-6-8-15(18,9-7-13)12-17-14(11-19-2)5-4-10-16/h13-14,17-18H,3-12,16H2,1-2H3. The van der Waals surface area contributed by atoms with Gasteiger partial charge in [0.05, 0.1) is 12.2 Å². The van der Waals surface area contributed by atoms with Crippen LogP contribution in [0.3, 0.4) is 0 Å². The van der Waals surface area contributed by atoms with Crippen LogP contribution in [0.2, 0.25) is 0 Å². The molecule has 0 saturated heterocycles. The van der Waals surface area contributed by atoms with Gasteiger partial charge in [0.2, 0.25) is 0 Å². The van der Waals surface area contributed by atoms with Crippen LogP contribution in [0.15, 0.2) is 0 Å². The second-order valence-corrected chi connectivity index (χ2v) is 6.04. The van der Waals surface area contributed by atoms with E-state index in [9.17, 15) is 5.11 Å². The minimum absolute atomic E-state index is 0.307. The van der Waals surface area contributed by atoms with Crippen LogP contribution in [0.1, 0.15) is 51.9 Å². The van der Waals surface area contributed by atoms with Crippen molar-refractivity contribution in [1.82, 2.24) is 5.32 Å². The average Bonchev–Trinajstić information content (AvgIpc) is 2.43. The van der Waals surface area contributed by atoms with E-state index in [0.29, 0.717) is 25.7 Å². The van der Waals surface area contributed by atoms with Crippen LogP contribution in [-0.2, 0) is 4.74 Å². The zero-order valence-electron chi connectivity index (χ0n) is 12.7. The first-order valence-corrected chi connectivity index (χ1v) is 7.78. The summed E-state index contributed by atoms with van der Waals surface area (Å²) in [4.78, 5) is 0. The minimum atomic E-state index is -0.514. The van der Waals surface area contributed by atoms with Crippen molar-refractivity contribution in [3.63, 3.8) is 0 Å². The van der Waals surface area contributed by atoms with Crippen molar-refractivity contribution >= 4 is 0 Å². The van der Waals surface area contributed by atoms with Crippen LogP contribution >= 0.6 is 0 Å². The highest BCUT2D eigenvalue weighted by Gasteiger charge is 2.32. The van der Waals surface area contributed by atoms with Crippen LogP contribution in [0.5, 0.6) is 0 Å². The van der Waals surface area contributed by atoms with Gasteiger partial charge in [0.25, 0.3) is 0 Å². The van der Waals surface area contributed by atoms with Crippen molar-refractivity contribution in [2.75, 3.05) is 26.8 Å². The predicted molar refractivity (Wildman–Crippen MR) is 79.2 cm³/mol. The highest BCUT2D eigenvalue weighted by molar-refractivity contribution is 4.88. The number of aliphatic hydroxyl groups is 1. The lowest BCUT2D eigenvalue weighted by Gasteiger charge is -2.37. The van der Waals surface area contributed by atoms with Gasteiger partial charge in [-0.1, -0.05) is 13.3 Å². The summed E-state index contributed by atoms with van der Waals surface area (Å²) >= 11 is 0. The van der Waals surface area contributed by atoms with Crippen LogP contribution in [0.25, 0.3) is 0 Å². The second-order valence-electron chi connectivity index (χ2n) is 6.04. The fraction of sp³-hybridized carbons (Fsp3) is 1.00. The van der Waals surface area contributed by atoms with Gasteiger partial charge >= 0.3 is 0 Å². The Hall–Kier alpha value is -0.160. The first-order valence-electron chi connectivity index (χ1n) is 7.78. The van der Waals surface area contributed by atoms with Crippen molar-refractivity contribution in [1.29, 1.82) is 0 Å². The molecule has 0 bridgehead atoms. The molecular weight excluding hydrogens is 240 g/mol. The van der Waals surface area contributed by atoms with Crippen LogP contribution in [0.4, 0.5) is 0 Å². The summed E-state index contributed by atoms with van der Waals surface area (Å²) in [5.74, 6) is 0.812. The normalized spacial score (nSPS) is 29.4. The lowest BCUT2D eigenvalue weighted by molar-refractivity contribution is -0.0129. The molecule has 1 aliphatic carbocycles. The molecule has 0 amide bonds. The van der Waals surface area contributed by atoms with E-state index >= 15 is 0 Å². The van der Waals surface area contributed by atoms with Crippen LogP contribution in [-0.4, -0.2) is 43.6 Å². The highest BCUT2D eigenvalue weighted by Crippen LogP contribution is 2.33. The molecule has 1 rings (SSSR count). The molecule has 0 radical (unpaired) electrons. The lowest BCUT2D eigenvalue weighted by Crippen LogP contribution is -2.47. The van der Waals surface area contributed by atoms with Crippen molar-refractivity contribution in [3.8, 4) is 0 Å². The van der Waals surface area contributed by atoms with Gasteiger partial charge < -0.3 is 20.9 Å². The zero-order chi connectivity index (χ0) is 14.1. The third-order valence-electron chi connectivity index (χ3n) is 4.46. The maximum Gasteiger partial charge on any atom is 0.0771 e. The molecule has 114 valence electrons. The van der Waals surface area contributed by atoms with E-state index in [1.807, 2.05) is 0 Å². The Morgan fingerprint density at radius 3 is 2.63 bits per heavy atom. The Bertz CT molecular complexity index is 228. The summed E-state index contributed by atoms with van der Waals surface area (Å²) in [6, 6.07) is 0.307. The molecule has 0 spiro atoms. The maximum absolute atomic E-state index is 10.6. The zero-order valence-corrected chi connectivity index (χ0v) is 12.7. The third kappa shape index (κ3) is 6.21. The molecule has 4 N–H and O–H groups in total. The van der Waals surface area contributed by atoms with Crippen molar-refractivity contribution in [2.24, 2.45) is 11.7 Å². The number of methoxy groups -OCH3 is 1. The highest BCUT2D eigenvalue weighted by atomic mass is 16.5. The second kappa shape index (κ2) is 8.90. The summed E-state index contributed by atoms with van der Waals surface area (Å²) in [6.07, 6.45) is 7.42. The van der Waals surface area contributed by atoms with Gasteiger partial charge in [-0.05, 0) is 51.0 Å². The summed E-state index contributed by atoms with van der Waals surface area (Å²) in [7, 11) is 1.72. The molecule has 4 heteroatoms. The van der Waals surface area contributed by atoms with Gasteiger partial charge in [-0.25, -0.2) is 0 Å². The number of hydrogen-bond acceptors (Lipinski definition) is 4. The summed E-state index contributed by atoms with van der Waals surface area (Å²) in [6.45, 7) is 4.33. The molecule has 1 aliphatic rings. The molecule has 0 heterocycles. The topological polar surface area (TPSA) is 67.5 Å². The van der Waals surface area contributed by atoms with Crippen molar-refractivity contribution in [2.45, 2.75) is 63.5 Å². The molecule has 0 aromatic carbocycles. The molecule has 1 saturated carbocycles. The molecule has 1 unspecified atom stereocenters. The Morgan fingerprint density at radius 1 is 1.42 bits per heavy atom. The van der Waals surface area contributed by atoms with Crippen LogP contribution < -0.4 is 11.1 Å². The van der Waals surface area contributed by atoms with Gasteiger partial charge in [-0.2, -0.15) is 0 Å². The smallest absolute Gasteiger partial charge is 0.0771 e. The molecule has 19 heavy (non-hydrogen) atoms. The molecule has 1 fully saturated rings. The average molecular weight is 272 g/mol. The van der Waals surface area contributed by atoms with Crippen molar-refractivity contribution in [3.05, 3.63) is 0 Å². The third-order valence-corrected chi connectivity index (χ3v) is 4.46. The Balaban J connectivity index is 2.31. The fourth-order valence-corrected chi connectivity index (χ4v) is 2.94. The molecule has 4 nitrogen and oxygen atoms in total. The number of nitrogens with two attached hydrogens (primary N) is 1. The first-order chi connectivity index (χ1) is 9.13. The summed E-state index contributed by atoms with van der Waals surface area (Å²) in [5, 5.41) is 14.1. The summed E-state index contributed by atoms with van der Waals surface area (Å²) in [5.41, 5.74) is 5.04. The lowest BCUT2D eigenvalue weighted by atomic mass is 9.78. The van der Waals surface area contributed by atoms with E-state index < -0.39 is 5.60 Å². The summed E-state index contributed by atoms with van der Waals surface area (Å²) < 4.78 is 5.22. The van der Waals surface area contributed by atoms with E-state index in [4.69, 9.17) is 10.5 Å². The molecule has 0 aromatic heterocycles. The fourth-order valence-electron chi connectivity index (χ4n) is 2.94. The van der Waals surface area contributed by atoms with Crippen molar-refractivity contribution < 1.29 is 9.84 Å². The number of nitrogens with one attached hydrogen (secondary N) is 1. The van der Waals surface area contributed by atoms with Gasteiger partial charge in [-0.3, -0.25) is 0 Å². The van der Waals surface area contributed by atoms with E-state index in [0.717, 1.165) is 44.4 Å². The van der Waals surface area contributed by atoms with E-state index in [-0.39, 0.29) is 0 Å². The molecular formula is C15H32N2O2. The Kier molecular flexibility index (Phi) is 7.91. The Labute approximate surface area is 118 Å². The van der Waals surface area contributed by atoms with Gasteiger partial charge in [0.1, 0.15) is 0 Å². The predicted octanol–water partition coefficient (Wildman–Crippen LogP) is 1.66. The first kappa shape index (κ1) is 16.9. The SMILES string of the molecule is CCC1CCC(O)(CNC(CCCN)COC)CC1. The number of rotatable bonds is 9. The van der Waals surface area contributed by atoms with E-state index in [1.54, 1.807) is 7.11 Å². The number of hydrogen-bond donors (Lipinski definition) is 3. The monoisotopic (exact) mass is 272 g/mol. The van der Waals surface area contributed by atoms with E-state index in [1.165, 1.54) is 6.42 Å². The quantitative estimate of drug-likeness (QED) is 0.597. The number of ether oxygens (including phenoxy) is 1. The minimum Gasteiger partial charge on any atom is -0.389 e.